The van der Waals surface area contributed by atoms with Crippen molar-refractivity contribution in [3.8, 4) is 0 Å². The van der Waals surface area contributed by atoms with Crippen LogP contribution in [0.5, 0.6) is 0 Å². The van der Waals surface area contributed by atoms with E-state index in [1.807, 2.05) is 6.92 Å². The summed E-state index contributed by atoms with van der Waals surface area (Å²) in [7, 11) is 0. The number of nitrogens with one attached hydrogen (secondary N) is 1. The van der Waals surface area contributed by atoms with Crippen molar-refractivity contribution < 1.29 is 9.18 Å². The van der Waals surface area contributed by atoms with Gasteiger partial charge in [0.25, 0.3) is 0 Å². The molecular formula is C14H16FN3O2S. The summed E-state index contributed by atoms with van der Waals surface area (Å²) < 4.78 is 15.1. The molecule has 3 N–H and O–H groups in total. The number of aromatic nitrogens is 1. The number of carbonyl (C=O) groups is 1. The van der Waals surface area contributed by atoms with Gasteiger partial charge in [-0.1, -0.05) is 11.3 Å². The first-order valence-electron chi connectivity index (χ1n) is 6.47. The summed E-state index contributed by atoms with van der Waals surface area (Å²) in [4.78, 5) is 23.2. The van der Waals surface area contributed by atoms with Gasteiger partial charge in [0, 0.05) is 29.7 Å². The van der Waals surface area contributed by atoms with E-state index in [1.165, 1.54) is 18.2 Å². The van der Waals surface area contributed by atoms with Gasteiger partial charge in [0.15, 0.2) is 0 Å². The molecule has 7 heteroatoms. The first-order valence-corrected chi connectivity index (χ1v) is 7.35. The van der Waals surface area contributed by atoms with E-state index in [4.69, 9.17) is 5.73 Å². The molecule has 0 unspecified atom stereocenters. The molecule has 0 atom stereocenters. The van der Waals surface area contributed by atoms with E-state index in [0.29, 0.717) is 18.7 Å². The standard InChI is InChI=1S/C14H16FN3O2S/c1-9-8-21-14(20)18(9)6-2-3-13(19)17-12-7-10(16)4-5-11(12)15/h4-5,7-8H,2-3,6,16H2,1H3,(H,17,19). The van der Waals surface area contributed by atoms with Crippen LogP contribution in [0.3, 0.4) is 0 Å². The van der Waals surface area contributed by atoms with Crippen LogP contribution in [0.25, 0.3) is 0 Å². The topological polar surface area (TPSA) is 77.1 Å². The number of carbonyl (C=O) groups excluding carboxylic acids is 1. The molecule has 0 radical (unpaired) electrons. The number of aryl methyl sites for hydroxylation is 1. The van der Waals surface area contributed by atoms with Crippen LogP contribution in [0.2, 0.25) is 0 Å². The summed E-state index contributed by atoms with van der Waals surface area (Å²) in [6.45, 7) is 2.32. The zero-order valence-corrected chi connectivity index (χ0v) is 12.4. The fourth-order valence-electron chi connectivity index (χ4n) is 1.92. The lowest BCUT2D eigenvalue weighted by Gasteiger charge is -2.08. The number of nitrogens with zero attached hydrogens (tertiary/aromatic N) is 1. The van der Waals surface area contributed by atoms with Gasteiger partial charge in [-0.05, 0) is 31.5 Å². The first-order chi connectivity index (χ1) is 9.97. The van der Waals surface area contributed by atoms with E-state index in [-0.39, 0.29) is 22.9 Å². The summed E-state index contributed by atoms with van der Waals surface area (Å²) in [6.07, 6.45) is 0.712. The van der Waals surface area contributed by atoms with Gasteiger partial charge in [0.1, 0.15) is 5.82 Å². The fraction of sp³-hybridized carbons (Fsp3) is 0.286. The summed E-state index contributed by atoms with van der Waals surface area (Å²) in [5, 5.41) is 4.26. The number of nitrogens with two attached hydrogens (primary N) is 1. The van der Waals surface area contributed by atoms with Crippen LogP contribution in [0.15, 0.2) is 28.4 Å². The largest absolute Gasteiger partial charge is 0.399 e. The van der Waals surface area contributed by atoms with E-state index in [9.17, 15) is 14.0 Å². The third kappa shape index (κ3) is 3.91. The van der Waals surface area contributed by atoms with Gasteiger partial charge in [0.2, 0.25) is 5.91 Å². The Morgan fingerprint density at radius 3 is 2.90 bits per heavy atom. The molecular weight excluding hydrogens is 293 g/mol. The highest BCUT2D eigenvalue weighted by Crippen LogP contribution is 2.17. The Bertz CT molecular complexity index is 708. The van der Waals surface area contributed by atoms with E-state index in [1.54, 1.807) is 9.95 Å². The second-order valence-electron chi connectivity index (χ2n) is 4.69. The average Bonchev–Trinajstić information content (AvgIpc) is 2.74. The van der Waals surface area contributed by atoms with Gasteiger partial charge in [-0.25, -0.2) is 4.39 Å². The lowest BCUT2D eigenvalue weighted by atomic mass is 10.2. The zero-order valence-electron chi connectivity index (χ0n) is 11.6. The molecule has 1 aromatic heterocycles. The smallest absolute Gasteiger partial charge is 0.307 e. The van der Waals surface area contributed by atoms with Crippen LogP contribution in [-0.4, -0.2) is 10.5 Å². The second kappa shape index (κ2) is 6.53. The van der Waals surface area contributed by atoms with E-state index < -0.39 is 5.82 Å². The maximum absolute atomic E-state index is 13.5. The van der Waals surface area contributed by atoms with Crippen molar-refractivity contribution in [2.24, 2.45) is 0 Å². The van der Waals surface area contributed by atoms with Crippen LogP contribution >= 0.6 is 11.3 Å². The van der Waals surface area contributed by atoms with Crippen LogP contribution in [0, 0.1) is 12.7 Å². The molecule has 0 bridgehead atoms. The summed E-state index contributed by atoms with van der Waals surface area (Å²) in [5.74, 6) is -0.831. The Hall–Kier alpha value is -2.15. The molecule has 21 heavy (non-hydrogen) atoms. The van der Waals surface area contributed by atoms with Gasteiger partial charge in [0.05, 0.1) is 5.69 Å². The molecule has 0 aliphatic heterocycles. The molecule has 5 nitrogen and oxygen atoms in total. The maximum Gasteiger partial charge on any atom is 0.307 e. The molecule has 2 aromatic rings. The minimum atomic E-state index is -0.526. The van der Waals surface area contributed by atoms with Crippen LogP contribution in [-0.2, 0) is 11.3 Å². The van der Waals surface area contributed by atoms with Crippen molar-refractivity contribution in [3.05, 3.63) is 44.8 Å². The number of rotatable bonds is 5. The lowest BCUT2D eigenvalue weighted by Crippen LogP contribution is -2.17. The van der Waals surface area contributed by atoms with Crippen molar-refractivity contribution in [2.75, 3.05) is 11.1 Å². The van der Waals surface area contributed by atoms with E-state index >= 15 is 0 Å². The van der Waals surface area contributed by atoms with Crippen molar-refractivity contribution >= 4 is 28.6 Å². The SMILES string of the molecule is Cc1csc(=O)n1CCCC(=O)Nc1cc(N)ccc1F. The molecule has 0 aliphatic carbocycles. The highest BCUT2D eigenvalue weighted by Gasteiger charge is 2.08. The van der Waals surface area contributed by atoms with Gasteiger partial charge in [-0.15, -0.1) is 0 Å². The maximum atomic E-state index is 13.5. The molecule has 112 valence electrons. The number of amides is 1. The molecule has 0 saturated heterocycles. The van der Waals surface area contributed by atoms with Gasteiger partial charge < -0.3 is 15.6 Å². The lowest BCUT2D eigenvalue weighted by molar-refractivity contribution is -0.116. The van der Waals surface area contributed by atoms with Crippen LogP contribution in [0.4, 0.5) is 15.8 Å². The Kier molecular flexibility index (Phi) is 4.74. The minimum absolute atomic E-state index is 0.0326. The summed E-state index contributed by atoms with van der Waals surface area (Å²) in [5.41, 5.74) is 6.88. The van der Waals surface area contributed by atoms with E-state index in [0.717, 1.165) is 17.0 Å². The fourth-order valence-corrected chi connectivity index (χ4v) is 2.68. The highest BCUT2D eigenvalue weighted by atomic mass is 32.1. The molecule has 0 aliphatic rings. The quantitative estimate of drug-likeness (QED) is 0.832. The van der Waals surface area contributed by atoms with Crippen LogP contribution in [0.1, 0.15) is 18.5 Å². The predicted octanol–water partition coefficient (Wildman–Crippen LogP) is 2.36. The van der Waals surface area contributed by atoms with Gasteiger partial charge in [-0.3, -0.25) is 9.59 Å². The summed E-state index contributed by atoms with van der Waals surface area (Å²) >= 11 is 1.14. The average molecular weight is 309 g/mol. The summed E-state index contributed by atoms with van der Waals surface area (Å²) in [6, 6.07) is 4.01. The number of anilines is 2. The highest BCUT2D eigenvalue weighted by molar-refractivity contribution is 7.07. The third-order valence-electron chi connectivity index (χ3n) is 3.03. The predicted molar refractivity (Wildman–Crippen MR) is 82.0 cm³/mol. The normalized spacial score (nSPS) is 10.6. The van der Waals surface area contributed by atoms with Crippen molar-refractivity contribution in [3.63, 3.8) is 0 Å². The molecule has 0 saturated carbocycles. The van der Waals surface area contributed by atoms with Crippen LogP contribution < -0.4 is 15.9 Å². The van der Waals surface area contributed by atoms with Crippen molar-refractivity contribution in [2.45, 2.75) is 26.3 Å². The molecule has 0 fully saturated rings. The number of benzene rings is 1. The Labute approximate surface area is 125 Å². The zero-order chi connectivity index (χ0) is 15.4. The van der Waals surface area contributed by atoms with Crippen molar-refractivity contribution in [1.29, 1.82) is 0 Å². The minimum Gasteiger partial charge on any atom is -0.399 e. The van der Waals surface area contributed by atoms with E-state index in [2.05, 4.69) is 5.32 Å². The number of thiazole rings is 1. The molecule has 0 spiro atoms. The van der Waals surface area contributed by atoms with Crippen molar-refractivity contribution in [1.82, 2.24) is 4.57 Å². The third-order valence-corrected chi connectivity index (χ3v) is 3.91. The monoisotopic (exact) mass is 309 g/mol. The number of hydrogen-bond donors (Lipinski definition) is 2. The first kappa shape index (κ1) is 15.2. The number of nitrogen functional groups attached to an aromatic ring is 1. The van der Waals surface area contributed by atoms with Gasteiger partial charge >= 0.3 is 4.87 Å². The number of halogens is 1. The second-order valence-corrected chi connectivity index (χ2v) is 5.51. The molecule has 1 amide bonds. The molecule has 1 heterocycles. The Balaban J connectivity index is 1.88. The van der Waals surface area contributed by atoms with Gasteiger partial charge in [-0.2, -0.15) is 0 Å². The number of hydrogen-bond acceptors (Lipinski definition) is 4. The Morgan fingerprint density at radius 1 is 1.48 bits per heavy atom. The Morgan fingerprint density at radius 2 is 2.24 bits per heavy atom. The molecule has 2 rings (SSSR count). The molecule has 1 aromatic carbocycles.